The Labute approximate surface area is 128 Å². The minimum atomic E-state index is -4.46. The van der Waals surface area contributed by atoms with Gasteiger partial charge in [-0.15, -0.1) is 0 Å². The first-order valence-corrected chi connectivity index (χ1v) is 6.45. The molecule has 0 aliphatic heterocycles. The lowest BCUT2D eigenvalue weighted by atomic mass is 10.2. The highest BCUT2D eigenvalue weighted by Crippen LogP contribution is 2.29. The molecule has 1 aromatic heterocycles. The van der Waals surface area contributed by atoms with Crippen LogP contribution in [-0.2, 0) is 11.0 Å². The fourth-order valence-corrected chi connectivity index (χ4v) is 1.89. The molecule has 9 heteroatoms. The van der Waals surface area contributed by atoms with E-state index in [4.69, 9.17) is 5.11 Å². The Bertz CT molecular complexity index is 723. The molecular weight excluding hydrogens is 315 g/mol. The van der Waals surface area contributed by atoms with Crippen LogP contribution in [0.4, 0.5) is 18.9 Å². The summed E-state index contributed by atoms with van der Waals surface area (Å²) in [6.45, 7) is 1.43. The topological polar surface area (TPSA) is 84.2 Å². The van der Waals surface area contributed by atoms with Crippen LogP contribution in [-0.4, -0.2) is 26.8 Å². The number of carbonyl (C=O) groups is 2. The van der Waals surface area contributed by atoms with Crippen molar-refractivity contribution in [2.24, 2.45) is 0 Å². The van der Waals surface area contributed by atoms with E-state index >= 15 is 0 Å². The maximum atomic E-state index is 12.5. The molecule has 0 saturated carbocycles. The van der Waals surface area contributed by atoms with Crippen LogP contribution in [0.2, 0.25) is 0 Å². The third-order valence-electron chi connectivity index (χ3n) is 3.12. The van der Waals surface area contributed by atoms with E-state index < -0.39 is 29.7 Å². The third-order valence-corrected chi connectivity index (χ3v) is 3.12. The summed E-state index contributed by atoms with van der Waals surface area (Å²) in [4.78, 5) is 23.1. The van der Waals surface area contributed by atoms with E-state index in [9.17, 15) is 22.8 Å². The predicted molar refractivity (Wildman–Crippen MR) is 74.0 cm³/mol. The summed E-state index contributed by atoms with van der Waals surface area (Å²) < 4.78 is 38.4. The minimum Gasteiger partial charge on any atom is -0.477 e. The van der Waals surface area contributed by atoms with Gasteiger partial charge in [0.25, 0.3) is 0 Å². The summed E-state index contributed by atoms with van der Waals surface area (Å²) >= 11 is 0. The molecule has 2 rings (SSSR count). The number of nitrogens with one attached hydrogen (secondary N) is 1. The number of rotatable bonds is 4. The number of benzene rings is 1. The molecule has 122 valence electrons. The second-order valence-electron chi connectivity index (χ2n) is 4.71. The zero-order valence-electron chi connectivity index (χ0n) is 11.8. The Balaban J connectivity index is 2.12. The molecule has 0 aliphatic carbocycles. The van der Waals surface area contributed by atoms with E-state index in [1.807, 2.05) is 0 Å². The molecule has 0 radical (unpaired) electrons. The molecule has 1 heterocycles. The van der Waals surface area contributed by atoms with E-state index in [1.165, 1.54) is 19.2 Å². The van der Waals surface area contributed by atoms with E-state index in [0.717, 1.165) is 28.9 Å². The largest absolute Gasteiger partial charge is 0.477 e. The number of hydrogen-bond acceptors (Lipinski definition) is 3. The number of amides is 1. The molecule has 1 unspecified atom stereocenters. The van der Waals surface area contributed by atoms with Gasteiger partial charge >= 0.3 is 12.1 Å². The van der Waals surface area contributed by atoms with Gasteiger partial charge in [-0.2, -0.15) is 18.3 Å². The molecule has 1 aromatic carbocycles. The number of aromatic nitrogens is 2. The van der Waals surface area contributed by atoms with Crippen molar-refractivity contribution < 1.29 is 27.9 Å². The van der Waals surface area contributed by atoms with Gasteiger partial charge in [0.05, 0.1) is 5.56 Å². The number of carbonyl (C=O) groups excluding carboxylic acids is 1. The first kappa shape index (κ1) is 16.5. The molecular formula is C14H12F3N3O3. The van der Waals surface area contributed by atoms with Crippen molar-refractivity contribution in [1.29, 1.82) is 0 Å². The maximum absolute atomic E-state index is 12.5. The quantitative estimate of drug-likeness (QED) is 0.904. The minimum absolute atomic E-state index is 0.166. The van der Waals surface area contributed by atoms with Crippen molar-refractivity contribution in [2.75, 3.05) is 5.32 Å². The molecule has 2 aromatic rings. The molecule has 1 atom stereocenters. The number of hydrogen-bond donors (Lipinski definition) is 2. The van der Waals surface area contributed by atoms with Gasteiger partial charge in [-0.1, -0.05) is 0 Å². The Hall–Kier alpha value is -2.84. The zero-order valence-corrected chi connectivity index (χ0v) is 11.8. The molecule has 0 bridgehead atoms. The average Bonchev–Trinajstić information content (AvgIpc) is 2.95. The van der Waals surface area contributed by atoms with Crippen molar-refractivity contribution in [1.82, 2.24) is 9.78 Å². The Morgan fingerprint density at radius 2 is 1.83 bits per heavy atom. The van der Waals surface area contributed by atoms with E-state index in [1.54, 1.807) is 0 Å². The van der Waals surface area contributed by atoms with Crippen LogP contribution < -0.4 is 5.32 Å². The van der Waals surface area contributed by atoms with Crippen LogP contribution in [0, 0.1) is 0 Å². The zero-order chi connectivity index (χ0) is 17.2. The number of halogens is 3. The highest BCUT2D eigenvalue weighted by molar-refractivity contribution is 5.94. The lowest BCUT2D eigenvalue weighted by Crippen LogP contribution is -2.26. The van der Waals surface area contributed by atoms with Crippen molar-refractivity contribution >= 4 is 17.6 Å². The van der Waals surface area contributed by atoms with Crippen LogP contribution >= 0.6 is 0 Å². The number of nitrogens with zero attached hydrogens (tertiary/aromatic N) is 2. The normalized spacial score (nSPS) is 12.7. The van der Waals surface area contributed by atoms with Crippen LogP contribution in [0.15, 0.2) is 36.5 Å². The summed E-state index contributed by atoms with van der Waals surface area (Å²) in [6.07, 6.45) is -3.22. The van der Waals surface area contributed by atoms with Gasteiger partial charge in [-0.05, 0) is 37.3 Å². The summed E-state index contributed by atoms with van der Waals surface area (Å²) in [5.41, 5.74) is -0.831. The van der Waals surface area contributed by atoms with E-state index in [-0.39, 0.29) is 11.4 Å². The number of aromatic carboxylic acids is 1. The predicted octanol–water partition coefficient (Wildman–Crippen LogP) is 2.80. The monoisotopic (exact) mass is 327 g/mol. The standard InChI is InChI=1S/C14H12F3N3O3/c1-8(20-11(13(22)23)6-7-18-20)12(21)19-10-4-2-9(3-5-10)14(15,16)17/h2-8H,1H3,(H,19,21)(H,22,23). The van der Waals surface area contributed by atoms with Crippen molar-refractivity contribution in [3.8, 4) is 0 Å². The molecule has 0 fully saturated rings. The number of anilines is 1. The van der Waals surface area contributed by atoms with Gasteiger partial charge in [0, 0.05) is 11.9 Å². The van der Waals surface area contributed by atoms with E-state index in [0.29, 0.717) is 0 Å². The van der Waals surface area contributed by atoms with Gasteiger partial charge in [0.15, 0.2) is 0 Å². The Kier molecular flexibility index (Phi) is 4.39. The lowest BCUT2D eigenvalue weighted by Gasteiger charge is -2.15. The first-order valence-electron chi connectivity index (χ1n) is 6.45. The molecule has 1 amide bonds. The second-order valence-corrected chi connectivity index (χ2v) is 4.71. The van der Waals surface area contributed by atoms with Crippen LogP contribution in [0.1, 0.15) is 29.0 Å². The molecule has 0 spiro atoms. The molecule has 0 saturated heterocycles. The number of carboxylic acid groups (broad SMARTS) is 1. The van der Waals surface area contributed by atoms with Gasteiger partial charge in [-0.3, -0.25) is 4.79 Å². The van der Waals surface area contributed by atoms with Gasteiger partial charge < -0.3 is 10.4 Å². The maximum Gasteiger partial charge on any atom is 0.416 e. The van der Waals surface area contributed by atoms with Crippen LogP contribution in [0.3, 0.4) is 0 Å². The number of carboxylic acids is 1. The van der Waals surface area contributed by atoms with Crippen molar-refractivity contribution in [2.45, 2.75) is 19.1 Å². The molecule has 0 aliphatic rings. The SMILES string of the molecule is CC(C(=O)Nc1ccc(C(F)(F)F)cc1)n1nccc1C(=O)O. The molecule has 2 N–H and O–H groups in total. The summed E-state index contributed by atoms with van der Waals surface area (Å²) in [5, 5.41) is 15.2. The van der Waals surface area contributed by atoms with Crippen LogP contribution in [0.25, 0.3) is 0 Å². The number of alkyl halides is 3. The Morgan fingerprint density at radius 1 is 1.22 bits per heavy atom. The van der Waals surface area contributed by atoms with Crippen molar-refractivity contribution in [3.05, 3.63) is 47.8 Å². The highest BCUT2D eigenvalue weighted by Gasteiger charge is 2.30. The molecule has 23 heavy (non-hydrogen) atoms. The first-order chi connectivity index (χ1) is 10.7. The fraction of sp³-hybridized carbons (Fsp3) is 0.214. The average molecular weight is 327 g/mol. The van der Waals surface area contributed by atoms with Crippen molar-refractivity contribution in [3.63, 3.8) is 0 Å². The van der Waals surface area contributed by atoms with Gasteiger partial charge in [0.1, 0.15) is 11.7 Å². The lowest BCUT2D eigenvalue weighted by molar-refractivity contribution is -0.137. The summed E-state index contributed by atoms with van der Waals surface area (Å²) in [7, 11) is 0. The fourth-order valence-electron chi connectivity index (χ4n) is 1.89. The van der Waals surface area contributed by atoms with Gasteiger partial charge in [0.2, 0.25) is 5.91 Å². The molecule has 6 nitrogen and oxygen atoms in total. The van der Waals surface area contributed by atoms with E-state index in [2.05, 4.69) is 10.4 Å². The second kappa shape index (κ2) is 6.11. The smallest absolute Gasteiger partial charge is 0.416 e. The highest BCUT2D eigenvalue weighted by atomic mass is 19.4. The summed E-state index contributed by atoms with van der Waals surface area (Å²) in [6, 6.07) is 4.22. The Morgan fingerprint density at radius 3 is 2.35 bits per heavy atom. The third kappa shape index (κ3) is 3.68. The van der Waals surface area contributed by atoms with Crippen LogP contribution in [0.5, 0.6) is 0 Å². The summed E-state index contributed by atoms with van der Waals surface area (Å²) in [5.74, 6) is -1.84. The van der Waals surface area contributed by atoms with Gasteiger partial charge in [-0.25, -0.2) is 9.48 Å².